The number of benzene rings is 1. The lowest BCUT2D eigenvalue weighted by Gasteiger charge is -2.02. The van der Waals surface area contributed by atoms with Crippen LogP contribution in [0.15, 0.2) is 35.7 Å². The third kappa shape index (κ3) is 2.75. The first-order valence-electron chi connectivity index (χ1n) is 4.15. The Labute approximate surface area is 89.9 Å². The van der Waals surface area contributed by atoms with Crippen molar-refractivity contribution in [2.75, 3.05) is 5.32 Å². The van der Waals surface area contributed by atoms with Crippen molar-refractivity contribution in [3.8, 4) is 5.88 Å². The monoisotopic (exact) mass is 221 g/mol. The van der Waals surface area contributed by atoms with Crippen LogP contribution in [0, 0.1) is 0 Å². The number of carbonyl (C=O) groups is 1. The summed E-state index contributed by atoms with van der Waals surface area (Å²) in [7, 11) is 0. The molecular weight excluding hydrogens is 214 g/mol. The van der Waals surface area contributed by atoms with Gasteiger partial charge in [0.2, 0.25) is 0 Å². The fourth-order valence-electron chi connectivity index (χ4n) is 0.960. The molecule has 1 aromatic heterocycles. The number of nitrogens with one attached hydrogen (secondary N) is 1. The van der Waals surface area contributed by atoms with Crippen LogP contribution in [0.25, 0.3) is 0 Å². The molecule has 6 heteroatoms. The smallest absolute Gasteiger partial charge is 0.388 e. The molecule has 0 unspecified atom stereocenters. The summed E-state index contributed by atoms with van der Waals surface area (Å²) < 4.78 is 8.41. The first-order valence-corrected chi connectivity index (χ1v) is 4.99. The third-order valence-electron chi connectivity index (χ3n) is 1.56. The van der Waals surface area contributed by atoms with E-state index in [0.717, 1.165) is 11.5 Å². The van der Waals surface area contributed by atoms with Gasteiger partial charge >= 0.3 is 6.09 Å². The molecule has 0 saturated heterocycles. The first kappa shape index (κ1) is 9.60. The van der Waals surface area contributed by atoms with Crippen LogP contribution in [0.3, 0.4) is 0 Å². The highest BCUT2D eigenvalue weighted by Crippen LogP contribution is 2.09. The van der Waals surface area contributed by atoms with Gasteiger partial charge in [-0.15, -0.1) is 0 Å². The second-order valence-electron chi connectivity index (χ2n) is 2.62. The molecule has 0 aliphatic rings. The minimum atomic E-state index is -0.575. The van der Waals surface area contributed by atoms with Gasteiger partial charge in [0.25, 0.3) is 5.88 Å². The maximum atomic E-state index is 11.3. The Morgan fingerprint density at radius 2 is 2.13 bits per heavy atom. The number of anilines is 1. The molecule has 2 aromatic rings. The van der Waals surface area contributed by atoms with E-state index in [1.54, 1.807) is 17.5 Å². The Morgan fingerprint density at radius 1 is 1.33 bits per heavy atom. The standard InChI is InChI=1S/C9H7N3O2S/c13-9(14-8-6-15-12-11-8)10-7-4-2-1-3-5-7/h1-6H,(H,10,13). The number of para-hydroxylation sites is 1. The molecule has 0 aliphatic heterocycles. The van der Waals surface area contributed by atoms with E-state index in [0.29, 0.717) is 5.69 Å². The van der Waals surface area contributed by atoms with E-state index < -0.39 is 6.09 Å². The number of carbonyl (C=O) groups excluding carboxylic acids is 1. The van der Waals surface area contributed by atoms with Gasteiger partial charge in [0.1, 0.15) is 0 Å². The van der Waals surface area contributed by atoms with E-state index in [9.17, 15) is 4.79 Å². The van der Waals surface area contributed by atoms with Crippen molar-refractivity contribution in [3.63, 3.8) is 0 Å². The zero-order valence-corrected chi connectivity index (χ0v) is 8.40. The Hall–Kier alpha value is -1.95. The van der Waals surface area contributed by atoms with Gasteiger partial charge in [-0.25, -0.2) is 4.79 Å². The van der Waals surface area contributed by atoms with Crippen LogP contribution < -0.4 is 10.1 Å². The molecule has 1 amide bonds. The summed E-state index contributed by atoms with van der Waals surface area (Å²) >= 11 is 1.12. The molecule has 5 nitrogen and oxygen atoms in total. The number of aromatic nitrogens is 2. The van der Waals surface area contributed by atoms with E-state index in [4.69, 9.17) is 4.74 Å². The molecule has 0 bridgehead atoms. The molecule has 0 saturated carbocycles. The second-order valence-corrected chi connectivity index (χ2v) is 3.23. The van der Waals surface area contributed by atoms with Gasteiger partial charge in [-0.05, 0) is 23.7 Å². The Kier molecular flexibility index (Phi) is 2.89. The minimum Gasteiger partial charge on any atom is -0.388 e. The van der Waals surface area contributed by atoms with Gasteiger partial charge in [-0.2, -0.15) is 0 Å². The van der Waals surface area contributed by atoms with Gasteiger partial charge in [0.15, 0.2) is 0 Å². The molecule has 0 radical (unpaired) electrons. The van der Waals surface area contributed by atoms with Gasteiger partial charge < -0.3 is 4.74 Å². The van der Waals surface area contributed by atoms with Crippen LogP contribution in [0.1, 0.15) is 0 Å². The maximum Gasteiger partial charge on any atom is 0.418 e. The van der Waals surface area contributed by atoms with Crippen LogP contribution in [0.2, 0.25) is 0 Å². The quantitative estimate of drug-likeness (QED) is 0.843. The van der Waals surface area contributed by atoms with Crippen LogP contribution in [-0.4, -0.2) is 15.7 Å². The molecule has 0 fully saturated rings. The zero-order chi connectivity index (χ0) is 10.5. The molecule has 0 atom stereocenters. The van der Waals surface area contributed by atoms with Gasteiger partial charge in [0, 0.05) is 5.69 Å². The third-order valence-corrected chi connectivity index (χ3v) is 2.04. The highest BCUT2D eigenvalue weighted by molar-refractivity contribution is 7.03. The molecule has 0 aliphatic carbocycles. The summed E-state index contributed by atoms with van der Waals surface area (Å²) in [6.45, 7) is 0. The molecule has 1 N–H and O–H groups in total. The van der Waals surface area contributed by atoms with Gasteiger partial charge in [0.05, 0.1) is 5.38 Å². The lowest BCUT2D eigenvalue weighted by Crippen LogP contribution is -2.16. The predicted octanol–water partition coefficient (Wildman–Crippen LogP) is 2.15. The Balaban J connectivity index is 1.94. The normalized spacial score (nSPS) is 9.60. The van der Waals surface area contributed by atoms with Crippen LogP contribution >= 0.6 is 11.5 Å². The van der Waals surface area contributed by atoms with Crippen molar-refractivity contribution in [1.29, 1.82) is 0 Å². The minimum absolute atomic E-state index is 0.202. The van der Waals surface area contributed by atoms with Crippen LogP contribution in [0.5, 0.6) is 5.88 Å². The van der Waals surface area contributed by atoms with E-state index >= 15 is 0 Å². The van der Waals surface area contributed by atoms with Crippen molar-refractivity contribution in [2.45, 2.75) is 0 Å². The highest BCUT2D eigenvalue weighted by Gasteiger charge is 2.06. The average molecular weight is 221 g/mol. The van der Waals surface area contributed by atoms with Gasteiger partial charge in [-0.1, -0.05) is 27.8 Å². The summed E-state index contributed by atoms with van der Waals surface area (Å²) in [6, 6.07) is 9.03. The van der Waals surface area contributed by atoms with Crippen molar-refractivity contribution in [1.82, 2.24) is 9.59 Å². The molecule has 15 heavy (non-hydrogen) atoms. The number of hydrogen-bond donors (Lipinski definition) is 1. The lowest BCUT2D eigenvalue weighted by molar-refractivity contribution is 0.213. The summed E-state index contributed by atoms with van der Waals surface area (Å²) in [4.78, 5) is 11.3. The Bertz CT molecular complexity index is 430. The molecule has 1 heterocycles. The predicted molar refractivity (Wildman–Crippen MR) is 56.0 cm³/mol. The fraction of sp³-hybridized carbons (Fsp3) is 0. The fourth-order valence-corrected chi connectivity index (χ4v) is 1.32. The largest absolute Gasteiger partial charge is 0.418 e. The number of ether oxygens (including phenoxy) is 1. The average Bonchev–Trinajstić information content (AvgIpc) is 2.71. The second kappa shape index (κ2) is 4.52. The lowest BCUT2D eigenvalue weighted by atomic mass is 10.3. The first-order chi connectivity index (χ1) is 7.34. The molecule has 0 spiro atoms. The number of rotatable bonds is 2. The molecule has 76 valence electrons. The molecule has 1 aromatic carbocycles. The van der Waals surface area contributed by atoms with E-state index in [1.807, 2.05) is 18.2 Å². The summed E-state index contributed by atoms with van der Waals surface area (Å²) in [5.41, 5.74) is 0.672. The summed E-state index contributed by atoms with van der Waals surface area (Å²) in [6.07, 6.45) is -0.575. The summed E-state index contributed by atoms with van der Waals surface area (Å²) in [5, 5.41) is 7.69. The van der Waals surface area contributed by atoms with Crippen molar-refractivity contribution < 1.29 is 9.53 Å². The topological polar surface area (TPSA) is 64.1 Å². The molecule has 2 rings (SSSR count). The van der Waals surface area contributed by atoms with Crippen LogP contribution in [0.4, 0.5) is 10.5 Å². The number of nitrogens with zero attached hydrogens (tertiary/aromatic N) is 2. The zero-order valence-electron chi connectivity index (χ0n) is 7.58. The number of hydrogen-bond acceptors (Lipinski definition) is 5. The van der Waals surface area contributed by atoms with Crippen LogP contribution in [-0.2, 0) is 0 Å². The van der Waals surface area contributed by atoms with E-state index in [1.165, 1.54) is 0 Å². The van der Waals surface area contributed by atoms with Gasteiger partial charge in [-0.3, -0.25) is 5.32 Å². The molecular formula is C9H7N3O2S. The van der Waals surface area contributed by atoms with E-state index in [-0.39, 0.29) is 5.88 Å². The van der Waals surface area contributed by atoms with Crippen molar-refractivity contribution >= 4 is 23.3 Å². The SMILES string of the molecule is O=C(Nc1ccccc1)Oc1csnn1. The van der Waals surface area contributed by atoms with Crippen molar-refractivity contribution in [2.24, 2.45) is 0 Å². The Morgan fingerprint density at radius 3 is 2.80 bits per heavy atom. The highest BCUT2D eigenvalue weighted by atomic mass is 32.1. The van der Waals surface area contributed by atoms with Crippen molar-refractivity contribution in [3.05, 3.63) is 35.7 Å². The number of amides is 1. The maximum absolute atomic E-state index is 11.3. The summed E-state index contributed by atoms with van der Waals surface area (Å²) in [5.74, 6) is 0.202. The van der Waals surface area contributed by atoms with E-state index in [2.05, 4.69) is 14.9 Å².